The highest BCUT2D eigenvalue weighted by Crippen LogP contribution is 2.32. The number of benzene rings is 2. The number of fused-ring (bicyclic) bond motifs is 2. The lowest BCUT2D eigenvalue weighted by Gasteiger charge is -2.28. The minimum Gasteiger partial charge on any atom is -0.371 e. The van der Waals surface area contributed by atoms with Gasteiger partial charge >= 0.3 is 0 Å². The van der Waals surface area contributed by atoms with Crippen LogP contribution < -0.4 is 14.8 Å². The molecule has 1 aromatic rings. The molecule has 0 radical (unpaired) electrons. The molecule has 0 spiro atoms. The Morgan fingerprint density at radius 3 is 1.97 bits per heavy atom. The van der Waals surface area contributed by atoms with Crippen LogP contribution in [0.4, 0.5) is 5.69 Å². The summed E-state index contributed by atoms with van der Waals surface area (Å²) in [4.78, 5) is 8.80. The highest BCUT2D eigenvalue weighted by atomic mass is 32.1. The average molecular weight is 453 g/mol. The maximum absolute atomic E-state index is 5.00. The van der Waals surface area contributed by atoms with E-state index in [1.165, 1.54) is 20.6 Å². The minimum absolute atomic E-state index is 0.637. The Morgan fingerprint density at radius 2 is 1.41 bits per heavy atom. The van der Waals surface area contributed by atoms with Crippen molar-refractivity contribution in [3.05, 3.63) is 41.8 Å². The summed E-state index contributed by atoms with van der Waals surface area (Å²) in [5.74, 6) is 2.55. The van der Waals surface area contributed by atoms with Gasteiger partial charge in [-0.1, -0.05) is 55.4 Å². The number of rotatable bonds is 9. The number of anilines is 1. The van der Waals surface area contributed by atoms with Crippen LogP contribution in [0, 0.1) is 23.7 Å². The molecule has 0 saturated carbocycles. The molecule has 1 aliphatic carbocycles. The van der Waals surface area contributed by atoms with Gasteiger partial charge in [0.1, 0.15) is 13.1 Å². The summed E-state index contributed by atoms with van der Waals surface area (Å²) in [6, 6.07) is 13.6. The number of nitrogens with zero attached hydrogens (tertiary/aromatic N) is 3. The molecule has 3 nitrogen and oxygen atoms in total. The van der Waals surface area contributed by atoms with Gasteiger partial charge in [0, 0.05) is 42.7 Å². The molecule has 0 bridgehead atoms. The Morgan fingerprint density at radius 1 is 0.781 bits per heavy atom. The second-order valence-corrected chi connectivity index (χ2v) is 12.0. The van der Waals surface area contributed by atoms with Crippen LogP contribution in [0.2, 0.25) is 0 Å². The molecule has 1 aromatic carbocycles. The van der Waals surface area contributed by atoms with E-state index in [0.29, 0.717) is 23.7 Å². The second kappa shape index (κ2) is 10.8. The van der Waals surface area contributed by atoms with Gasteiger partial charge in [0.2, 0.25) is 5.36 Å². The van der Waals surface area contributed by atoms with E-state index in [1.807, 2.05) is 11.3 Å². The predicted octanol–water partition coefficient (Wildman–Crippen LogP) is 6.60. The summed E-state index contributed by atoms with van der Waals surface area (Å²) in [6.45, 7) is 22.7. The van der Waals surface area contributed by atoms with Crippen molar-refractivity contribution >= 4 is 27.2 Å². The van der Waals surface area contributed by atoms with Crippen LogP contribution in [0.25, 0.3) is 20.8 Å². The maximum atomic E-state index is 5.00. The molecule has 32 heavy (non-hydrogen) atoms. The predicted molar refractivity (Wildman–Crippen MR) is 143 cm³/mol. The standard InChI is InChI=1S/C28H42N3S/c1-19(2)15-30(16-20(3)4)23-9-11-25-27(13-23)32-28-14-24(10-12-26(28)29-25)31(17-21(5)6)18-22(7)8/h9-14,19-22H,15-18H2,1-8H3/q+1. The van der Waals surface area contributed by atoms with Crippen LogP contribution in [0.3, 0.4) is 0 Å². The summed E-state index contributed by atoms with van der Waals surface area (Å²) in [5.41, 5.74) is 3.50. The third-order valence-corrected chi connectivity index (χ3v) is 6.51. The van der Waals surface area contributed by atoms with Crippen molar-refractivity contribution in [2.75, 3.05) is 31.1 Å². The molecule has 174 valence electrons. The lowest BCUT2D eigenvalue weighted by atomic mass is 10.1. The fourth-order valence-corrected chi connectivity index (χ4v) is 5.36. The van der Waals surface area contributed by atoms with E-state index in [2.05, 4.69) is 101 Å². The van der Waals surface area contributed by atoms with Gasteiger partial charge in [-0.2, -0.15) is 0 Å². The topological polar surface area (TPSA) is 19.1 Å². The molecule has 1 heterocycles. The van der Waals surface area contributed by atoms with Crippen LogP contribution >= 0.6 is 11.3 Å². The number of hydrogen-bond acceptors (Lipinski definition) is 3. The first-order valence-corrected chi connectivity index (χ1v) is 13.1. The summed E-state index contributed by atoms with van der Waals surface area (Å²) >= 11 is 1.87. The molecular formula is C28H42N3S+. The molecule has 0 aromatic heterocycles. The summed E-state index contributed by atoms with van der Waals surface area (Å²) < 4.78 is 3.80. The smallest absolute Gasteiger partial charge is 0.201 e. The van der Waals surface area contributed by atoms with Gasteiger partial charge in [-0.15, -0.1) is 11.3 Å². The van der Waals surface area contributed by atoms with Gasteiger partial charge < -0.3 is 4.90 Å². The third kappa shape index (κ3) is 6.54. The van der Waals surface area contributed by atoms with Crippen LogP contribution in [0.1, 0.15) is 55.4 Å². The van der Waals surface area contributed by atoms with E-state index in [-0.39, 0.29) is 0 Å². The number of hydrogen-bond donors (Lipinski definition) is 0. The molecular weight excluding hydrogens is 410 g/mol. The summed E-state index contributed by atoms with van der Waals surface area (Å²) in [6.07, 6.45) is 0. The van der Waals surface area contributed by atoms with Crippen molar-refractivity contribution < 1.29 is 0 Å². The van der Waals surface area contributed by atoms with Crippen LogP contribution in [0.5, 0.6) is 0 Å². The molecule has 0 amide bonds. The highest BCUT2D eigenvalue weighted by molar-refractivity contribution is 7.21. The van der Waals surface area contributed by atoms with E-state index in [9.17, 15) is 0 Å². The minimum atomic E-state index is 0.637. The van der Waals surface area contributed by atoms with E-state index >= 15 is 0 Å². The van der Waals surface area contributed by atoms with Crippen molar-refractivity contribution in [3.63, 3.8) is 0 Å². The van der Waals surface area contributed by atoms with Crippen molar-refractivity contribution in [1.29, 1.82) is 0 Å². The molecule has 2 aliphatic rings. The normalized spacial score (nSPS) is 12.1. The molecule has 3 rings (SSSR count). The largest absolute Gasteiger partial charge is 0.371 e. The van der Waals surface area contributed by atoms with Gasteiger partial charge in [-0.05, 0) is 36.1 Å². The van der Waals surface area contributed by atoms with E-state index in [1.54, 1.807) is 0 Å². The Balaban J connectivity index is 2.10. The lowest BCUT2D eigenvalue weighted by Crippen LogP contribution is -2.35. The molecule has 0 atom stereocenters. The summed E-state index contributed by atoms with van der Waals surface area (Å²) in [5, 5.41) is 1.31. The first-order chi connectivity index (χ1) is 15.1. The van der Waals surface area contributed by atoms with E-state index in [0.717, 1.165) is 37.4 Å². The molecule has 0 saturated heterocycles. The van der Waals surface area contributed by atoms with Crippen molar-refractivity contribution in [3.8, 4) is 10.6 Å². The van der Waals surface area contributed by atoms with Gasteiger partial charge in [-0.25, -0.2) is 9.56 Å². The molecule has 1 aliphatic heterocycles. The Bertz CT molecular complexity index is 1040. The monoisotopic (exact) mass is 452 g/mol. The van der Waals surface area contributed by atoms with E-state index in [4.69, 9.17) is 4.98 Å². The maximum Gasteiger partial charge on any atom is 0.201 e. The Hall–Kier alpha value is -1.94. The SMILES string of the molecule is CC(C)CN(CC(C)C)c1ccc2nc3ccc(=[N+](CC(C)C)CC(C)C)cc-3sc2c1. The van der Waals surface area contributed by atoms with Gasteiger partial charge in [0.15, 0.2) is 0 Å². The zero-order valence-corrected chi connectivity index (χ0v) is 22.2. The fourth-order valence-electron chi connectivity index (χ4n) is 4.33. The first kappa shape index (κ1) is 24.7. The summed E-state index contributed by atoms with van der Waals surface area (Å²) in [7, 11) is 0. The van der Waals surface area contributed by atoms with Gasteiger partial charge in [0.05, 0.1) is 20.8 Å². The third-order valence-electron chi connectivity index (χ3n) is 5.42. The van der Waals surface area contributed by atoms with Crippen molar-refractivity contribution in [1.82, 2.24) is 9.56 Å². The molecule has 0 N–H and O–H groups in total. The van der Waals surface area contributed by atoms with E-state index < -0.39 is 0 Å². The molecule has 4 heteroatoms. The highest BCUT2D eigenvalue weighted by Gasteiger charge is 2.16. The molecule has 0 fully saturated rings. The van der Waals surface area contributed by atoms with Gasteiger partial charge in [0.25, 0.3) is 0 Å². The Labute approximate surface area is 199 Å². The zero-order valence-electron chi connectivity index (χ0n) is 21.4. The average Bonchev–Trinajstić information content (AvgIpc) is 2.69. The van der Waals surface area contributed by atoms with Crippen LogP contribution in [-0.2, 0) is 0 Å². The lowest BCUT2D eigenvalue weighted by molar-refractivity contribution is 0.433. The van der Waals surface area contributed by atoms with Crippen LogP contribution in [-0.4, -0.2) is 31.2 Å². The van der Waals surface area contributed by atoms with Crippen LogP contribution in [0.15, 0.2) is 36.4 Å². The number of aromatic nitrogens is 1. The van der Waals surface area contributed by atoms with Gasteiger partial charge in [-0.3, -0.25) is 0 Å². The quantitative estimate of drug-likeness (QED) is 0.269. The fraction of sp³-hybridized carbons (Fsp3) is 0.571. The second-order valence-electron chi connectivity index (χ2n) is 10.9. The molecule has 0 unspecified atom stereocenters. The zero-order chi connectivity index (χ0) is 23.4. The van der Waals surface area contributed by atoms with Crippen molar-refractivity contribution in [2.45, 2.75) is 55.4 Å². The first-order valence-electron chi connectivity index (χ1n) is 12.3. The van der Waals surface area contributed by atoms with Crippen molar-refractivity contribution in [2.24, 2.45) is 23.7 Å². The Kier molecular flexibility index (Phi) is 8.32.